The Hall–Kier alpha value is -4.30. The van der Waals surface area contributed by atoms with Gasteiger partial charge in [-0.1, -0.05) is 72.3 Å². The molecule has 0 aliphatic heterocycles. The van der Waals surface area contributed by atoms with E-state index in [9.17, 15) is 0 Å². The van der Waals surface area contributed by atoms with Crippen molar-refractivity contribution in [2.45, 2.75) is 58.4 Å². The van der Waals surface area contributed by atoms with E-state index in [4.69, 9.17) is 21.6 Å². The summed E-state index contributed by atoms with van der Waals surface area (Å²) in [5, 5.41) is 8.89. The molecule has 0 saturated carbocycles. The number of fused-ring (bicyclic) bond motifs is 2. The highest BCUT2D eigenvalue weighted by Gasteiger charge is 2.28. The monoisotopic (exact) mass is 601 g/mol. The van der Waals surface area contributed by atoms with Crippen LogP contribution in [0.15, 0.2) is 97.2 Å². The minimum Gasteiger partial charge on any atom is -0.341 e. The molecule has 44 heavy (non-hydrogen) atoms. The van der Waals surface area contributed by atoms with Crippen LogP contribution in [0.5, 0.6) is 0 Å². The molecule has 0 amide bonds. The van der Waals surface area contributed by atoms with Crippen molar-refractivity contribution in [3.63, 3.8) is 0 Å². The molecule has 6 aromatic rings. The number of hydrogen-bond acceptors (Lipinski definition) is 5. The van der Waals surface area contributed by atoms with Gasteiger partial charge in [-0.3, -0.25) is 9.88 Å². The number of rotatable bonds is 10. The average molecular weight is 602 g/mol. The number of pyridine rings is 1. The largest absolute Gasteiger partial charge is 0.341 e. The van der Waals surface area contributed by atoms with Crippen molar-refractivity contribution < 1.29 is 0 Å². The zero-order chi connectivity index (χ0) is 29.9. The first-order chi connectivity index (χ1) is 21.6. The number of benzene rings is 3. The van der Waals surface area contributed by atoms with Crippen LogP contribution in [0, 0.1) is 6.92 Å². The van der Waals surface area contributed by atoms with Gasteiger partial charge in [0.05, 0.1) is 40.7 Å². The van der Waals surface area contributed by atoms with Crippen LogP contribution in [0.2, 0.25) is 5.15 Å². The summed E-state index contributed by atoms with van der Waals surface area (Å²) < 4.78 is 1.81. The molecular formula is C36H36ClN7. The van der Waals surface area contributed by atoms with Crippen LogP contribution in [0.25, 0.3) is 16.7 Å². The molecule has 7 rings (SSSR count). The summed E-state index contributed by atoms with van der Waals surface area (Å²) >= 11 is 6.74. The second-order valence-corrected chi connectivity index (χ2v) is 11.9. The molecule has 1 aliphatic carbocycles. The average Bonchev–Trinajstić information content (AvgIpc) is 3.60. The summed E-state index contributed by atoms with van der Waals surface area (Å²) in [6.07, 6.45) is 5.28. The Kier molecular flexibility index (Phi) is 8.24. The van der Waals surface area contributed by atoms with E-state index in [1.807, 2.05) is 55.6 Å². The number of hydrogen-bond donors (Lipinski definition) is 2. The zero-order valence-corrected chi connectivity index (χ0v) is 25.6. The predicted octanol–water partition coefficient (Wildman–Crippen LogP) is 7.48. The van der Waals surface area contributed by atoms with Gasteiger partial charge in [0.2, 0.25) is 0 Å². The van der Waals surface area contributed by atoms with Gasteiger partial charge in [-0.2, -0.15) is 5.10 Å². The lowest BCUT2D eigenvalue weighted by molar-refractivity contribution is 0.153. The topological polar surface area (TPSA) is 74.7 Å². The van der Waals surface area contributed by atoms with Crippen LogP contribution in [-0.4, -0.2) is 29.6 Å². The minimum atomic E-state index is 0.249. The zero-order valence-electron chi connectivity index (χ0n) is 24.9. The Bertz CT molecular complexity index is 1830. The molecule has 0 radical (unpaired) electrons. The fourth-order valence-electron chi connectivity index (χ4n) is 6.29. The number of halogens is 1. The van der Waals surface area contributed by atoms with Crippen molar-refractivity contribution in [1.29, 1.82) is 0 Å². The molecule has 0 fully saturated rings. The number of H-pyrrole nitrogens is 1. The molecule has 1 unspecified atom stereocenters. The SMILES string of the molecule is Cc1nn(-c2ccccc2)c(Cl)c1CNCc1ccc(CN(Cc2nc3ccccc3[nH]2)C2CCCc3cccnc32)cc1. The van der Waals surface area contributed by atoms with Crippen molar-refractivity contribution >= 4 is 22.6 Å². The summed E-state index contributed by atoms with van der Waals surface area (Å²) in [7, 11) is 0. The summed E-state index contributed by atoms with van der Waals surface area (Å²) in [4.78, 5) is 15.8. The maximum Gasteiger partial charge on any atom is 0.137 e. The van der Waals surface area contributed by atoms with E-state index in [1.165, 1.54) is 28.8 Å². The molecule has 222 valence electrons. The summed E-state index contributed by atoms with van der Waals surface area (Å²) in [6, 6.07) is 31.7. The third-order valence-electron chi connectivity index (χ3n) is 8.56. The van der Waals surface area contributed by atoms with E-state index in [1.54, 1.807) is 4.68 Å². The van der Waals surface area contributed by atoms with Crippen LogP contribution in [0.4, 0.5) is 0 Å². The molecule has 0 bridgehead atoms. The van der Waals surface area contributed by atoms with Gasteiger partial charge >= 0.3 is 0 Å². The van der Waals surface area contributed by atoms with E-state index >= 15 is 0 Å². The van der Waals surface area contributed by atoms with Gasteiger partial charge in [0, 0.05) is 31.4 Å². The number of aromatic nitrogens is 5. The molecule has 0 saturated heterocycles. The highest BCUT2D eigenvalue weighted by molar-refractivity contribution is 6.30. The van der Waals surface area contributed by atoms with Crippen LogP contribution >= 0.6 is 11.6 Å². The number of imidazole rings is 1. The molecule has 7 nitrogen and oxygen atoms in total. The molecule has 3 aromatic carbocycles. The van der Waals surface area contributed by atoms with Crippen molar-refractivity contribution in [2.75, 3.05) is 0 Å². The molecule has 1 aliphatic rings. The fourth-order valence-corrected chi connectivity index (χ4v) is 6.63. The Morgan fingerprint density at radius 3 is 2.55 bits per heavy atom. The number of nitrogens with zero attached hydrogens (tertiary/aromatic N) is 5. The fraction of sp³-hybridized carbons (Fsp3) is 0.250. The quantitative estimate of drug-likeness (QED) is 0.170. The molecule has 3 heterocycles. The van der Waals surface area contributed by atoms with E-state index in [0.29, 0.717) is 11.7 Å². The van der Waals surface area contributed by atoms with Crippen molar-refractivity contribution in [3.8, 4) is 5.69 Å². The normalized spacial score (nSPS) is 14.8. The maximum atomic E-state index is 6.74. The molecule has 2 N–H and O–H groups in total. The van der Waals surface area contributed by atoms with Gasteiger partial charge in [0.15, 0.2) is 0 Å². The Morgan fingerprint density at radius 2 is 1.70 bits per heavy atom. The number of aromatic amines is 1. The van der Waals surface area contributed by atoms with E-state index in [2.05, 4.69) is 68.8 Å². The maximum absolute atomic E-state index is 6.74. The smallest absolute Gasteiger partial charge is 0.137 e. The van der Waals surface area contributed by atoms with Gasteiger partial charge in [0.25, 0.3) is 0 Å². The Labute approximate surface area is 262 Å². The highest BCUT2D eigenvalue weighted by Crippen LogP contribution is 2.35. The van der Waals surface area contributed by atoms with Crippen LogP contribution in [-0.2, 0) is 32.6 Å². The van der Waals surface area contributed by atoms with E-state index in [-0.39, 0.29) is 6.04 Å². The standard InChI is InChI=1S/C36H36ClN7/c1-25-30(36(37)44(42-25)29-11-3-2-4-12-29)22-38-21-26-16-18-27(19-17-26)23-43(24-34-40-31-13-5-6-14-32(31)41-34)33-15-7-9-28-10-8-20-39-35(28)33/h2-6,8,10-14,16-20,33,38H,7,9,15,21-24H2,1H3,(H,40,41). The summed E-state index contributed by atoms with van der Waals surface area (Å²) in [6.45, 7) is 4.95. The van der Waals surface area contributed by atoms with E-state index < -0.39 is 0 Å². The van der Waals surface area contributed by atoms with Gasteiger partial charge in [0.1, 0.15) is 11.0 Å². The number of aryl methyl sites for hydroxylation is 2. The minimum absolute atomic E-state index is 0.249. The lowest BCUT2D eigenvalue weighted by Crippen LogP contribution is -2.31. The Balaban J connectivity index is 1.05. The van der Waals surface area contributed by atoms with Gasteiger partial charge < -0.3 is 10.3 Å². The lowest BCUT2D eigenvalue weighted by Gasteiger charge is -2.34. The van der Waals surface area contributed by atoms with Crippen LogP contribution in [0.3, 0.4) is 0 Å². The molecule has 1 atom stereocenters. The van der Waals surface area contributed by atoms with E-state index in [0.717, 1.165) is 66.3 Å². The molecular weight excluding hydrogens is 566 g/mol. The number of nitrogens with one attached hydrogen (secondary N) is 2. The first-order valence-corrected chi connectivity index (χ1v) is 15.7. The van der Waals surface area contributed by atoms with Gasteiger partial charge in [-0.15, -0.1) is 0 Å². The second-order valence-electron chi connectivity index (χ2n) is 11.6. The Morgan fingerprint density at radius 1 is 0.909 bits per heavy atom. The lowest BCUT2D eigenvalue weighted by atomic mass is 9.90. The first kappa shape index (κ1) is 28.5. The van der Waals surface area contributed by atoms with Crippen LogP contribution in [0.1, 0.15) is 58.3 Å². The molecule has 8 heteroatoms. The van der Waals surface area contributed by atoms with Gasteiger partial charge in [-0.25, -0.2) is 9.67 Å². The molecule has 0 spiro atoms. The van der Waals surface area contributed by atoms with Crippen molar-refractivity contribution in [2.24, 2.45) is 0 Å². The van der Waals surface area contributed by atoms with Crippen LogP contribution < -0.4 is 5.32 Å². The van der Waals surface area contributed by atoms with Crippen molar-refractivity contribution in [1.82, 2.24) is 34.9 Å². The van der Waals surface area contributed by atoms with Gasteiger partial charge in [-0.05, 0) is 73.2 Å². The number of para-hydroxylation sites is 3. The second kappa shape index (κ2) is 12.7. The predicted molar refractivity (Wildman–Crippen MR) is 176 cm³/mol. The first-order valence-electron chi connectivity index (χ1n) is 15.3. The highest BCUT2D eigenvalue weighted by atomic mass is 35.5. The third kappa shape index (κ3) is 6.04. The third-order valence-corrected chi connectivity index (χ3v) is 8.95. The van der Waals surface area contributed by atoms with Crippen molar-refractivity contribution in [3.05, 3.63) is 142 Å². The summed E-state index contributed by atoms with van der Waals surface area (Å²) in [5.74, 6) is 0.986. The molecule has 3 aromatic heterocycles. The summed E-state index contributed by atoms with van der Waals surface area (Å²) in [5.41, 5.74) is 10.1.